The monoisotopic (exact) mass is 1370 g/mol. The number of carbonyl (C=O) groups excluding carboxylic acids is 9. The molecule has 0 N–H and O–H groups in total. The molecule has 0 aliphatic carbocycles. The fourth-order valence-corrected chi connectivity index (χ4v) is 5.46. The quantitative estimate of drug-likeness (QED) is 0.109. The van der Waals surface area contributed by atoms with Gasteiger partial charge in [0.2, 0.25) is 22.3 Å². The minimum Gasteiger partial charge on any atom is -0.427 e. The van der Waals surface area contributed by atoms with Gasteiger partial charge >= 0.3 is 92.1 Å². The molecule has 9 fully saturated rings. The Labute approximate surface area is 492 Å². The van der Waals surface area contributed by atoms with E-state index in [0.717, 1.165) is 13.8 Å². The highest BCUT2D eigenvalue weighted by Gasteiger charge is 2.64. The molecular weight excluding hydrogens is 1320 g/mol. The van der Waals surface area contributed by atoms with Gasteiger partial charge in [0.05, 0.1) is 0 Å². The van der Waals surface area contributed by atoms with E-state index in [1.54, 1.807) is 20.8 Å². The molecule has 15 atom stereocenters. The van der Waals surface area contributed by atoms with Gasteiger partial charge in [-0.1, -0.05) is 44.0 Å². The molecule has 510 valence electrons. The fraction of sp³-hybridized carbons (Fsp3) is 0.791. The average Bonchev–Trinajstić information content (AvgIpc) is 2.94. The van der Waals surface area contributed by atoms with Gasteiger partial charge in [0.1, 0.15) is 12.2 Å². The van der Waals surface area contributed by atoms with E-state index in [0.29, 0.717) is 6.42 Å². The van der Waals surface area contributed by atoms with Gasteiger partial charge in [0, 0.05) is 20.3 Å². The molecule has 0 saturated carbocycles. The van der Waals surface area contributed by atoms with Gasteiger partial charge < -0.3 is 85.3 Å². The molecule has 0 aromatic rings. The van der Waals surface area contributed by atoms with Crippen LogP contribution in [0.5, 0.6) is 0 Å². The van der Waals surface area contributed by atoms with Crippen molar-refractivity contribution in [1.29, 1.82) is 0 Å². The Balaban J connectivity index is 0.000000496. The molecular formula is C43H50Cl2F16O27. The third-order valence-electron chi connectivity index (χ3n) is 10.6. The van der Waals surface area contributed by atoms with Gasteiger partial charge in [-0.2, -0.15) is 61.5 Å². The van der Waals surface area contributed by atoms with E-state index in [1.165, 1.54) is 34.6 Å². The van der Waals surface area contributed by atoms with Gasteiger partial charge in [-0.25, -0.2) is 51.9 Å². The molecule has 9 aliphatic heterocycles. The van der Waals surface area contributed by atoms with Crippen molar-refractivity contribution in [3.05, 3.63) is 0 Å². The highest BCUT2D eigenvalue weighted by molar-refractivity contribution is 6.34. The summed E-state index contributed by atoms with van der Waals surface area (Å²) < 4.78 is 266. The van der Waals surface area contributed by atoms with Crippen LogP contribution in [0.3, 0.4) is 0 Å². The minimum absolute atomic E-state index is 0.0543. The first kappa shape index (κ1) is 78.9. The highest BCUT2D eigenvalue weighted by Crippen LogP contribution is 2.43. The second kappa shape index (κ2) is 30.4. The predicted molar refractivity (Wildman–Crippen MR) is 240 cm³/mol. The first-order valence-corrected chi connectivity index (χ1v) is 24.6. The number of rotatable bonds is 4. The summed E-state index contributed by atoms with van der Waals surface area (Å²) in [5.41, 5.74) is 0. The number of alkyl halides is 18. The topological polar surface area (TPSA) is 320 Å². The maximum Gasteiger partial charge on any atom is 0.514 e. The lowest BCUT2D eigenvalue weighted by Gasteiger charge is -2.22. The fourth-order valence-electron chi connectivity index (χ4n) is 5.26. The molecule has 9 aliphatic rings. The molecule has 0 bridgehead atoms. The lowest BCUT2D eigenvalue weighted by molar-refractivity contribution is -0.246. The van der Waals surface area contributed by atoms with Crippen LogP contribution >= 0.6 is 23.2 Å². The minimum atomic E-state index is -4.91. The van der Waals surface area contributed by atoms with Crippen LogP contribution in [0, 0.1) is 0 Å². The van der Waals surface area contributed by atoms with Crippen LogP contribution in [-0.2, 0) is 85.3 Å². The Morgan fingerprint density at radius 2 is 0.841 bits per heavy atom. The molecule has 88 heavy (non-hydrogen) atoms. The third kappa shape index (κ3) is 23.8. The second-order valence-corrected chi connectivity index (χ2v) is 19.2. The summed E-state index contributed by atoms with van der Waals surface area (Å²) in [6.45, 7) is 15.0. The third-order valence-corrected chi connectivity index (χ3v) is 11.6. The highest BCUT2D eigenvalue weighted by atomic mass is 35.5. The summed E-state index contributed by atoms with van der Waals surface area (Å²) in [6.07, 6.45) is -43.1. The lowest BCUT2D eigenvalue weighted by Crippen LogP contribution is -2.43. The van der Waals surface area contributed by atoms with Crippen LogP contribution in [0.25, 0.3) is 0 Å². The van der Waals surface area contributed by atoms with Crippen molar-refractivity contribution in [3.8, 4) is 0 Å². The number of hydrogen-bond donors (Lipinski definition) is 0. The number of carbonyl (C=O) groups is 9. The van der Waals surface area contributed by atoms with Gasteiger partial charge in [-0.15, -0.1) is 0 Å². The van der Waals surface area contributed by atoms with Gasteiger partial charge in [-0.3, -0.25) is 0 Å². The number of hydrogen-bond acceptors (Lipinski definition) is 27. The molecule has 0 spiro atoms. The molecule has 0 aromatic heterocycles. The SMILES string of the molecule is CC(F)(F)C1OC(=O)OC1(F)F.CC1(Cl)OC(=O)OC1(C)Cl.CC1OC(=O)OC1(C)F.CC1OC(=O)OC1(F)F.CC1OC(=O)OC1C.CCC1(F)OC(=O)OC1F.CCC1OC(=O)OC1(F)F.CCC1OC(=O)OC1F.O=C1OC(F)C(C(F)(F)F)O1. The summed E-state index contributed by atoms with van der Waals surface area (Å²) in [6, 6.07) is 0. The summed E-state index contributed by atoms with van der Waals surface area (Å²) in [5.74, 6) is -8.34. The van der Waals surface area contributed by atoms with Crippen LogP contribution < -0.4 is 0 Å². The summed E-state index contributed by atoms with van der Waals surface area (Å²) >= 11 is 11.3. The smallest absolute Gasteiger partial charge is 0.427 e. The Morgan fingerprint density at radius 3 is 1.00 bits per heavy atom. The van der Waals surface area contributed by atoms with Crippen molar-refractivity contribution < 1.29 is 199 Å². The maximum absolute atomic E-state index is 12.7. The van der Waals surface area contributed by atoms with Crippen molar-refractivity contribution in [2.24, 2.45) is 0 Å². The van der Waals surface area contributed by atoms with Gasteiger partial charge in [-0.05, 0) is 54.4 Å². The first-order valence-electron chi connectivity index (χ1n) is 23.9. The molecule has 0 aromatic carbocycles. The van der Waals surface area contributed by atoms with E-state index in [4.69, 9.17) is 23.2 Å². The van der Waals surface area contributed by atoms with E-state index in [-0.39, 0.29) is 32.0 Å². The first-order chi connectivity index (χ1) is 39.6. The number of ether oxygens (including phenoxy) is 18. The zero-order valence-corrected chi connectivity index (χ0v) is 47.8. The van der Waals surface area contributed by atoms with Crippen molar-refractivity contribution >= 4 is 78.6 Å². The second-order valence-electron chi connectivity index (χ2n) is 17.8. The van der Waals surface area contributed by atoms with E-state index in [2.05, 4.69) is 85.3 Å². The molecule has 9 heterocycles. The molecule has 9 rings (SSSR count). The van der Waals surface area contributed by atoms with Crippen molar-refractivity contribution in [1.82, 2.24) is 0 Å². The standard InChI is InChI=1S/C5H6Cl2O3.C5H4F4O3.2C5H6F2O3.2C5H7FO3.C5H8O3.C4H2F4O3.C4H4F2O3/c1-4(6)5(2,7)10-3(8)9-4;1-4(6,7)2-5(8,9)12-3(10)11-2;1-2-5(7)3(6)9-4(8)10-5;1-2-3-5(6,7)10-4(8)9-3;1-3-5(2,6)9-4(7)8-3;1-2-3-4(6)9-5(7)8-3;1-3-4(2)8-5(6)7-3;5-2-1(4(6,7)8)10-3(9)11-2;1-2-4(5,6)9-3(7)8-2/h1-2H3;2H,1H3;2*3H,2H2,1H3;3H,1-2H3;3-4H,2H2,1H3;3-4H,1-2H3;1-2H;2H,1H3. The number of halogens is 18. The van der Waals surface area contributed by atoms with Crippen LogP contribution in [0.15, 0.2) is 0 Å². The van der Waals surface area contributed by atoms with Gasteiger partial charge in [0.25, 0.3) is 36.7 Å². The zero-order chi connectivity index (χ0) is 68.9. The Kier molecular flexibility index (Phi) is 27.3. The van der Waals surface area contributed by atoms with Crippen molar-refractivity contribution in [2.75, 3.05) is 0 Å². The van der Waals surface area contributed by atoms with Crippen LogP contribution in [-0.4, -0.2) is 176 Å². The zero-order valence-electron chi connectivity index (χ0n) is 46.3. The van der Waals surface area contributed by atoms with Crippen molar-refractivity contribution in [2.45, 2.75) is 216 Å². The molecule has 15 unspecified atom stereocenters. The molecule has 27 nitrogen and oxygen atoms in total. The van der Waals surface area contributed by atoms with Gasteiger partial charge in [0.15, 0.2) is 12.2 Å². The summed E-state index contributed by atoms with van der Waals surface area (Å²) in [4.78, 5) is 91.1. The molecule has 0 amide bonds. The van der Waals surface area contributed by atoms with Crippen molar-refractivity contribution in [3.63, 3.8) is 0 Å². The predicted octanol–water partition coefficient (Wildman–Crippen LogP) is 12.8. The van der Waals surface area contributed by atoms with Crippen LogP contribution in [0.2, 0.25) is 0 Å². The van der Waals surface area contributed by atoms with E-state index < -0.39 is 163 Å². The maximum atomic E-state index is 12.7. The summed E-state index contributed by atoms with van der Waals surface area (Å²) in [5, 5.41) is -2.54. The Bertz CT molecular complexity index is 2370. The Hall–Kier alpha value is -7.11. The van der Waals surface area contributed by atoms with E-state index in [9.17, 15) is 113 Å². The molecule has 0 radical (unpaired) electrons. The normalized spacial score (nSPS) is 35.1. The van der Waals surface area contributed by atoms with Crippen LogP contribution in [0.4, 0.5) is 113 Å². The van der Waals surface area contributed by atoms with Crippen LogP contribution in [0.1, 0.15) is 95.4 Å². The van der Waals surface area contributed by atoms with E-state index in [1.807, 2.05) is 0 Å². The molecule has 45 heteroatoms. The largest absolute Gasteiger partial charge is 0.514 e. The number of cyclic esters (lactones) is 18. The average molecular weight is 1370 g/mol. The van der Waals surface area contributed by atoms with E-state index >= 15 is 0 Å². The lowest BCUT2D eigenvalue weighted by atomic mass is 10.2. The molecule has 9 saturated heterocycles. The summed E-state index contributed by atoms with van der Waals surface area (Å²) in [7, 11) is 0. The Morgan fingerprint density at radius 1 is 0.432 bits per heavy atom.